The maximum Gasteiger partial charge on any atom is 0.0624 e. The second-order valence-electron chi connectivity index (χ2n) is 2.95. The van der Waals surface area contributed by atoms with Crippen LogP contribution in [0.5, 0.6) is 0 Å². The van der Waals surface area contributed by atoms with Crippen molar-refractivity contribution in [2.75, 3.05) is 26.0 Å². The molecule has 80 valence electrons. The monoisotopic (exact) mass is 231 g/mol. The molecule has 1 rings (SSSR count). The first kappa shape index (κ1) is 12.0. The molecule has 1 unspecified atom stereocenters. The lowest BCUT2D eigenvalue weighted by molar-refractivity contribution is 0.174. The van der Waals surface area contributed by atoms with Crippen LogP contribution >= 0.6 is 23.1 Å². The van der Waals surface area contributed by atoms with Crippen LogP contribution < -0.4 is 5.32 Å². The van der Waals surface area contributed by atoms with Crippen LogP contribution in [-0.4, -0.2) is 32.1 Å². The van der Waals surface area contributed by atoms with Gasteiger partial charge in [-0.05, 0) is 18.0 Å². The highest BCUT2D eigenvalue weighted by molar-refractivity contribution is 8.01. The van der Waals surface area contributed by atoms with Gasteiger partial charge in [-0.3, -0.25) is 0 Å². The molecule has 1 aromatic heterocycles. The fourth-order valence-electron chi connectivity index (χ4n) is 1.18. The summed E-state index contributed by atoms with van der Waals surface area (Å²) in [4.78, 5) is 0. The molecule has 1 atom stereocenters. The maximum atomic E-state index is 5.15. The van der Waals surface area contributed by atoms with Crippen molar-refractivity contribution in [1.82, 2.24) is 5.32 Å². The van der Waals surface area contributed by atoms with Gasteiger partial charge in [-0.2, -0.15) is 0 Å². The summed E-state index contributed by atoms with van der Waals surface area (Å²) in [6, 6.07) is 4.70. The minimum absolute atomic E-state index is 0.456. The Kier molecular flexibility index (Phi) is 6.27. The van der Waals surface area contributed by atoms with Crippen molar-refractivity contribution in [1.29, 1.82) is 0 Å². The summed E-state index contributed by atoms with van der Waals surface area (Å²) in [6.45, 7) is 3.91. The Morgan fingerprint density at radius 3 is 3.07 bits per heavy atom. The highest BCUT2D eigenvalue weighted by Gasteiger charge is 2.07. The van der Waals surface area contributed by atoms with Crippen molar-refractivity contribution >= 4 is 23.1 Å². The molecule has 0 aliphatic heterocycles. The molecular formula is C10H17NOS2. The van der Waals surface area contributed by atoms with Crippen LogP contribution in [0.25, 0.3) is 0 Å². The van der Waals surface area contributed by atoms with E-state index in [1.807, 2.05) is 11.8 Å². The van der Waals surface area contributed by atoms with Gasteiger partial charge < -0.3 is 10.1 Å². The van der Waals surface area contributed by atoms with Crippen molar-refractivity contribution in [3.05, 3.63) is 17.5 Å². The number of thiophene rings is 1. The fraction of sp³-hybridized carbons (Fsp3) is 0.600. The van der Waals surface area contributed by atoms with Gasteiger partial charge in [0.15, 0.2) is 0 Å². The van der Waals surface area contributed by atoms with Gasteiger partial charge in [0, 0.05) is 18.9 Å². The first-order valence-corrected chi connectivity index (χ1v) is 6.62. The molecule has 0 radical (unpaired) electrons. The third kappa shape index (κ3) is 4.46. The van der Waals surface area contributed by atoms with Gasteiger partial charge in [0.2, 0.25) is 0 Å². The van der Waals surface area contributed by atoms with Crippen LogP contribution in [-0.2, 0) is 4.74 Å². The average Bonchev–Trinajstić information content (AvgIpc) is 2.67. The smallest absolute Gasteiger partial charge is 0.0624 e. The number of nitrogens with one attached hydrogen (secondary N) is 1. The van der Waals surface area contributed by atoms with Gasteiger partial charge in [0.25, 0.3) is 0 Å². The van der Waals surface area contributed by atoms with E-state index in [9.17, 15) is 0 Å². The number of rotatable bonds is 7. The van der Waals surface area contributed by atoms with Crippen LogP contribution in [0.2, 0.25) is 0 Å². The van der Waals surface area contributed by atoms with E-state index in [4.69, 9.17) is 4.74 Å². The maximum absolute atomic E-state index is 5.15. The number of thioether (sulfide) groups is 1. The Bertz CT molecular complexity index is 220. The first-order valence-electron chi connectivity index (χ1n) is 4.75. The summed E-state index contributed by atoms with van der Waals surface area (Å²) in [5.41, 5.74) is 0. The first-order chi connectivity index (χ1) is 6.86. The molecule has 0 bridgehead atoms. The quantitative estimate of drug-likeness (QED) is 0.728. The molecule has 0 spiro atoms. The summed E-state index contributed by atoms with van der Waals surface area (Å²) in [5.74, 6) is 1.07. The van der Waals surface area contributed by atoms with E-state index in [1.54, 1.807) is 18.4 Å². The average molecular weight is 231 g/mol. The van der Waals surface area contributed by atoms with Crippen molar-refractivity contribution in [2.45, 2.75) is 17.2 Å². The molecule has 0 fully saturated rings. The second kappa shape index (κ2) is 7.29. The van der Waals surface area contributed by atoms with Crippen LogP contribution in [0.1, 0.15) is 6.92 Å². The zero-order valence-corrected chi connectivity index (χ0v) is 10.3. The predicted octanol–water partition coefficient (Wildman–Crippen LogP) is 2.46. The normalized spacial score (nSPS) is 13.0. The van der Waals surface area contributed by atoms with Crippen molar-refractivity contribution in [3.8, 4) is 0 Å². The summed E-state index contributed by atoms with van der Waals surface area (Å²) in [6.07, 6.45) is 0. The van der Waals surface area contributed by atoms with Crippen molar-refractivity contribution in [2.24, 2.45) is 0 Å². The minimum atomic E-state index is 0.456. The van der Waals surface area contributed by atoms with E-state index in [-0.39, 0.29) is 0 Å². The second-order valence-corrected chi connectivity index (χ2v) is 5.22. The standard InChI is InChI=1S/C10H17NOS2/c1-3-11-9(7-12-2)8-14-10-5-4-6-13-10/h4-6,9,11H,3,7-8H2,1-2H3. The number of ether oxygens (including phenoxy) is 1. The fourth-order valence-corrected chi connectivity index (χ4v) is 3.03. The topological polar surface area (TPSA) is 21.3 Å². The number of methoxy groups -OCH3 is 1. The highest BCUT2D eigenvalue weighted by Crippen LogP contribution is 2.23. The molecule has 14 heavy (non-hydrogen) atoms. The Balaban J connectivity index is 2.25. The van der Waals surface area contributed by atoms with E-state index in [2.05, 4.69) is 29.8 Å². The molecule has 0 aromatic carbocycles. The van der Waals surface area contributed by atoms with E-state index in [1.165, 1.54) is 4.21 Å². The Hall–Kier alpha value is -0.0300. The number of hydrogen-bond acceptors (Lipinski definition) is 4. The van der Waals surface area contributed by atoms with Crippen LogP contribution in [0.15, 0.2) is 21.7 Å². The lowest BCUT2D eigenvalue weighted by Gasteiger charge is -2.15. The molecule has 0 aliphatic rings. The van der Waals surface area contributed by atoms with Crippen LogP contribution in [0.3, 0.4) is 0 Å². The molecule has 1 N–H and O–H groups in total. The van der Waals surface area contributed by atoms with E-state index >= 15 is 0 Å². The summed E-state index contributed by atoms with van der Waals surface area (Å²) < 4.78 is 6.53. The van der Waals surface area contributed by atoms with E-state index < -0.39 is 0 Å². The molecule has 1 aromatic rings. The molecule has 0 saturated heterocycles. The Morgan fingerprint density at radius 2 is 2.50 bits per heavy atom. The predicted molar refractivity (Wildman–Crippen MR) is 64.4 cm³/mol. The highest BCUT2D eigenvalue weighted by atomic mass is 32.2. The summed E-state index contributed by atoms with van der Waals surface area (Å²) in [7, 11) is 1.75. The zero-order chi connectivity index (χ0) is 10.2. The number of hydrogen-bond donors (Lipinski definition) is 1. The van der Waals surface area contributed by atoms with Crippen molar-refractivity contribution in [3.63, 3.8) is 0 Å². The largest absolute Gasteiger partial charge is 0.383 e. The zero-order valence-electron chi connectivity index (χ0n) is 8.66. The number of likely N-dealkylation sites (N-methyl/N-ethyl adjacent to an activating group) is 1. The summed E-state index contributed by atoms with van der Waals surface area (Å²) in [5, 5.41) is 5.52. The van der Waals surface area contributed by atoms with Crippen LogP contribution in [0.4, 0.5) is 0 Å². The molecule has 0 amide bonds. The molecule has 1 heterocycles. The molecule has 0 aliphatic carbocycles. The lowest BCUT2D eigenvalue weighted by Crippen LogP contribution is -2.35. The van der Waals surface area contributed by atoms with E-state index in [0.717, 1.165) is 18.9 Å². The van der Waals surface area contributed by atoms with Crippen molar-refractivity contribution < 1.29 is 4.74 Å². The Labute approximate surface area is 94.0 Å². The summed E-state index contributed by atoms with van der Waals surface area (Å²) >= 11 is 3.69. The van der Waals surface area contributed by atoms with Gasteiger partial charge in [-0.1, -0.05) is 13.0 Å². The third-order valence-corrected chi connectivity index (χ3v) is 4.08. The van der Waals surface area contributed by atoms with Crippen LogP contribution in [0, 0.1) is 0 Å². The molecule has 4 heteroatoms. The Morgan fingerprint density at radius 1 is 1.64 bits per heavy atom. The van der Waals surface area contributed by atoms with Gasteiger partial charge in [0.05, 0.1) is 10.8 Å². The van der Waals surface area contributed by atoms with Gasteiger partial charge in [-0.15, -0.1) is 23.1 Å². The van der Waals surface area contributed by atoms with E-state index in [0.29, 0.717) is 6.04 Å². The lowest BCUT2D eigenvalue weighted by atomic mass is 10.3. The van der Waals surface area contributed by atoms with Gasteiger partial charge >= 0.3 is 0 Å². The molecular weight excluding hydrogens is 214 g/mol. The molecule has 0 saturated carbocycles. The SMILES string of the molecule is CCNC(COC)CSc1cccs1. The molecule has 2 nitrogen and oxygen atoms in total. The minimum Gasteiger partial charge on any atom is -0.383 e. The van der Waals surface area contributed by atoms with Gasteiger partial charge in [-0.25, -0.2) is 0 Å². The third-order valence-electron chi connectivity index (χ3n) is 1.78. The van der Waals surface area contributed by atoms with Gasteiger partial charge in [0.1, 0.15) is 0 Å².